The van der Waals surface area contributed by atoms with Crippen molar-refractivity contribution in [1.29, 1.82) is 0 Å². The first-order valence-electron chi connectivity index (χ1n) is 6.24. The maximum absolute atomic E-state index is 10.9. The van der Waals surface area contributed by atoms with Crippen LogP contribution in [-0.2, 0) is 16.7 Å². The minimum absolute atomic E-state index is 0.0433. The monoisotopic (exact) mass is 269 g/mol. The summed E-state index contributed by atoms with van der Waals surface area (Å²) in [5, 5.41) is 0. The van der Waals surface area contributed by atoms with Crippen molar-refractivity contribution in [3.05, 3.63) is 29.8 Å². The molecular formula is C13H19NO3S. The lowest BCUT2D eigenvalue weighted by atomic mass is 10.00. The molecule has 0 radical (unpaired) electrons. The fourth-order valence-electron chi connectivity index (χ4n) is 2.46. The molecule has 1 aromatic rings. The van der Waals surface area contributed by atoms with Crippen LogP contribution in [0, 0.1) is 5.92 Å². The normalized spacial score (nSPS) is 22.0. The molecule has 1 aromatic carbocycles. The third kappa shape index (κ3) is 3.54. The molecule has 1 aliphatic rings. The summed E-state index contributed by atoms with van der Waals surface area (Å²) in [5.41, 5.74) is 1.08. The van der Waals surface area contributed by atoms with E-state index in [9.17, 15) is 8.42 Å². The van der Waals surface area contributed by atoms with Crippen LogP contribution in [0.1, 0.15) is 25.3 Å². The summed E-state index contributed by atoms with van der Waals surface area (Å²) in [6, 6.07) is 6.45. The minimum Gasteiger partial charge on any atom is -0.299 e. The first-order chi connectivity index (χ1) is 8.45. The molecule has 1 heterocycles. The van der Waals surface area contributed by atoms with Crippen molar-refractivity contribution >= 4 is 10.1 Å². The van der Waals surface area contributed by atoms with E-state index in [2.05, 4.69) is 11.8 Å². The van der Waals surface area contributed by atoms with Crippen LogP contribution in [0.5, 0.6) is 0 Å². The van der Waals surface area contributed by atoms with Gasteiger partial charge in [0.1, 0.15) is 0 Å². The van der Waals surface area contributed by atoms with E-state index < -0.39 is 10.1 Å². The molecule has 0 saturated carbocycles. The predicted molar refractivity (Wildman–Crippen MR) is 69.9 cm³/mol. The summed E-state index contributed by atoms with van der Waals surface area (Å²) in [6.45, 7) is 5.30. The molecular weight excluding hydrogens is 250 g/mol. The van der Waals surface area contributed by atoms with Gasteiger partial charge in [-0.25, -0.2) is 0 Å². The zero-order valence-electron chi connectivity index (χ0n) is 10.5. The first-order valence-corrected chi connectivity index (χ1v) is 7.68. The Bertz CT molecular complexity index is 495. The highest BCUT2D eigenvalue weighted by molar-refractivity contribution is 7.85. The number of likely N-dealkylation sites (tertiary alicyclic amines) is 1. The maximum atomic E-state index is 10.9. The van der Waals surface area contributed by atoms with Gasteiger partial charge in [0.25, 0.3) is 10.1 Å². The predicted octanol–water partition coefficient (Wildman–Crippen LogP) is 2.17. The highest BCUT2D eigenvalue weighted by atomic mass is 32.2. The molecule has 0 amide bonds. The van der Waals surface area contributed by atoms with E-state index in [4.69, 9.17) is 4.55 Å². The molecule has 18 heavy (non-hydrogen) atoms. The quantitative estimate of drug-likeness (QED) is 0.854. The van der Waals surface area contributed by atoms with Crippen molar-refractivity contribution in [3.8, 4) is 0 Å². The van der Waals surface area contributed by atoms with Gasteiger partial charge in [0, 0.05) is 13.1 Å². The van der Waals surface area contributed by atoms with Crippen LogP contribution in [0.2, 0.25) is 0 Å². The van der Waals surface area contributed by atoms with Crippen LogP contribution in [0.25, 0.3) is 0 Å². The van der Waals surface area contributed by atoms with E-state index in [0.29, 0.717) is 0 Å². The summed E-state index contributed by atoms with van der Waals surface area (Å²) in [4.78, 5) is 2.34. The summed E-state index contributed by atoms with van der Waals surface area (Å²) >= 11 is 0. The summed E-state index contributed by atoms with van der Waals surface area (Å²) in [7, 11) is -4.08. The fraction of sp³-hybridized carbons (Fsp3) is 0.538. The van der Waals surface area contributed by atoms with Gasteiger partial charge in [-0.3, -0.25) is 9.45 Å². The standard InChI is InChI=1S/C13H19NO3S/c1-11-3-2-8-14(9-11)10-12-4-6-13(7-5-12)18(15,16)17/h4-7,11H,2-3,8-10H2,1H3,(H,15,16,17). The molecule has 1 saturated heterocycles. The molecule has 1 N–H and O–H groups in total. The second-order valence-corrected chi connectivity index (χ2v) is 6.52. The fourth-order valence-corrected chi connectivity index (χ4v) is 2.94. The van der Waals surface area contributed by atoms with Gasteiger partial charge in [0.05, 0.1) is 4.90 Å². The molecule has 2 rings (SSSR count). The molecule has 5 heteroatoms. The molecule has 1 fully saturated rings. The Labute approximate surface area is 108 Å². The van der Waals surface area contributed by atoms with E-state index in [-0.39, 0.29) is 4.90 Å². The van der Waals surface area contributed by atoms with E-state index in [1.807, 2.05) is 0 Å². The van der Waals surface area contributed by atoms with E-state index in [1.54, 1.807) is 12.1 Å². The third-order valence-electron chi connectivity index (χ3n) is 3.37. The second kappa shape index (κ2) is 5.38. The Hall–Kier alpha value is -0.910. The van der Waals surface area contributed by atoms with Gasteiger partial charge in [-0.05, 0) is 43.0 Å². The van der Waals surface area contributed by atoms with Crippen molar-refractivity contribution in [2.45, 2.75) is 31.2 Å². The van der Waals surface area contributed by atoms with Crippen LogP contribution in [0.4, 0.5) is 0 Å². The van der Waals surface area contributed by atoms with Gasteiger partial charge in [-0.1, -0.05) is 19.1 Å². The lowest BCUT2D eigenvalue weighted by molar-refractivity contribution is 0.176. The molecule has 1 unspecified atom stereocenters. The topological polar surface area (TPSA) is 57.6 Å². The molecule has 4 nitrogen and oxygen atoms in total. The Morgan fingerprint density at radius 1 is 1.33 bits per heavy atom. The average Bonchev–Trinajstić information content (AvgIpc) is 2.28. The number of rotatable bonds is 3. The molecule has 1 atom stereocenters. The number of hydrogen-bond acceptors (Lipinski definition) is 3. The number of piperidine rings is 1. The van der Waals surface area contributed by atoms with Crippen molar-refractivity contribution in [2.24, 2.45) is 5.92 Å². The molecule has 1 aliphatic heterocycles. The Morgan fingerprint density at radius 2 is 2.00 bits per heavy atom. The molecule has 0 spiro atoms. The highest BCUT2D eigenvalue weighted by Gasteiger charge is 2.16. The van der Waals surface area contributed by atoms with Crippen LogP contribution in [0.15, 0.2) is 29.2 Å². The maximum Gasteiger partial charge on any atom is 0.294 e. The largest absolute Gasteiger partial charge is 0.299 e. The van der Waals surface area contributed by atoms with Crippen molar-refractivity contribution < 1.29 is 13.0 Å². The number of benzene rings is 1. The minimum atomic E-state index is -4.08. The number of nitrogens with zero attached hydrogens (tertiary/aromatic N) is 1. The van der Waals surface area contributed by atoms with Crippen LogP contribution < -0.4 is 0 Å². The Morgan fingerprint density at radius 3 is 2.56 bits per heavy atom. The SMILES string of the molecule is CC1CCCN(Cc2ccc(S(=O)(=O)O)cc2)C1. The van der Waals surface area contributed by atoms with Gasteiger partial charge in [-0.15, -0.1) is 0 Å². The van der Waals surface area contributed by atoms with Gasteiger partial charge in [0.15, 0.2) is 0 Å². The summed E-state index contributed by atoms with van der Waals surface area (Å²) in [6.07, 6.45) is 2.52. The van der Waals surface area contributed by atoms with E-state index in [1.165, 1.54) is 25.0 Å². The van der Waals surface area contributed by atoms with Gasteiger partial charge in [0.2, 0.25) is 0 Å². The van der Waals surface area contributed by atoms with Crippen molar-refractivity contribution in [2.75, 3.05) is 13.1 Å². The molecule has 0 aromatic heterocycles. The Kier molecular flexibility index (Phi) is 4.04. The van der Waals surface area contributed by atoms with Gasteiger partial charge < -0.3 is 0 Å². The average molecular weight is 269 g/mol. The Balaban J connectivity index is 2.02. The number of hydrogen-bond donors (Lipinski definition) is 1. The lowest BCUT2D eigenvalue weighted by Crippen LogP contribution is -2.33. The van der Waals surface area contributed by atoms with Crippen LogP contribution in [-0.4, -0.2) is 31.0 Å². The van der Waals surface area contributed by atoms with E-state index in [0.717, 1.165) is 31.1 Å². The summed E-state index contributed by atoms with van der Waals surface area (Å²) < 4.78 is 30.7. The van der Waals surface area contributed by atoms with Gasteiger partial charge in [-0.2, -0.15) is 8.42 Å². The van der Waals surface area contributed by atoms with Gasteiger partial charge >= 0.3 is 0 Å². The van der Waals surface area contributed by atoms with Crippen molar-refractivity contribution in [3.63, 3.8) is 0 Å². The van der Waals surface area contributed by atoms with Crippen LogP contribution >= 0.6 is 0 Å². The smallest absolute Gasteiger partial charge is 0.294 e. The van der Waals surface area contributed by atoms with E-state index >= 15 is 0 Å². The zero-order chi connectivity index (χ0) is 13.2. The van der Waals surface area contributed by atoms with Crippen LogP contribution in [0.3, 0.4) is 0 Å². The first kappa shape index (κ1) is 13.5. The summed E-state index contributed by atoms with van der Waals surface area (Å²) in [5.74, 6) is 0.732. The zero-order valence-corrected chi connectivity index (χ0v) is 11.4. The lowest BCUT2D eigenvalue weighted by Gasteiger charge is -2.30. The third-order valence-corrected chi connectivity index (χ3v) is 4.24. The second-order valence-electron chi connectivity index (χ2n) is 5.10. The molecule has 0 bridgehead atoms. The molecule has 0 aliphatic carbocycles. The molecule has 100 valence electrons. The highest BCUT2D eigenvalue weighted by Crippen LogP contribution is 2.18. The van der Waals surface area contributed by atoms with Crippen molar-refractivity contribution in [1.82, 2.24) is 4.90 Å².